The van der Waals surface area contributed by atoms with Crippen molar-refractivity contribution in [2.45, 2.75) is 5.16 Å². The van der Waals surface area contributed by atoms with Crippen LogP contribution >= 0.6 is 11.5 Å². The summed E-state index contributed by atoms with van der Waals surface area (Å²) in [6, 6.07) is 11.5. The number of furan rings is 1. The Morgan fingerprint density at radius 2 is 1.94 bits per heavy atom. The number of esters is 1. The van der Waals surface area contributed by atoms with E-state index < -0.39 is 26.9 Å². The zero-order valence-electron chi connectivity index (χ0n) is 16.1. The second-order valence-corrected chi connectivity index (χ2v) is 8.71. The predicted octanol–water partition coefficient (Wildman–Crippen LogP) is 2.53. The first-order chi connectivity index (χ1) is 14.7. The molecule has 1 N–H and O–H groups in total. The molecule has 0 spiro atoms. The lowest BCUT2D eigenvalue weighted by Gasteiger charge is -2.01. The number of rotatable bonds is 6. The number of anilines is 1. The van der Waals surface area contributed by atoms with Crippen molar-refractivity contribution in [3.63, 3.8) is 0 Å². The number of methoxy groups -OCH3 is 1. The van der Waals surface area contributed by atoms with Gasteiger partial charge < -0.3 is 9.15 Å². The molecule has 1 aromatic carbocycles. The molecule has 1 amide bonds. The highest BCUT2D eigenvalue weighted by atomic mass is 32.2. The van der Waals surface area contributed by atoms with Gasteiger partial charge in [0.25, 0.3) is 11.1 Å². The summed E-state index contributed by atoms with van der Waals surface area (Å²) in [6.07, 6.45) is 2.18. The van der Waals surface area contributed by atoms with E-state index >= 15 is 0 Å². The number of nitrogens with one attached hydrogen (secondary N) is 1. The van der Waals surface area contributed by atoms with Crippen LogP contribution < -0.4 is 5.32 Å². The lowest BCUT2D eigenvalue weighted by atomic mass is 10.1. The van der Waals surface area contributed by atoms with E-state index in [4.69, 9.17) is 4.42 Å². The molecule has 2 aromatic heterocycles. The Labute approximate surface area is 180 Å². The largest absolute Gasteiger partial charge is 0.465 e. The molecule has 0 bridgehead atoms. The summed E-state index contributed by atoms with van der Waals surface area (Å²) < 4.78 is 36.8. The third-order valence-corrected chi connectivity index (χ3v) is 5.42. The van der Waals surface area contributed by atoms with Gasteiger partial charge in [-0.3, -0.25) is 10.1 Å². The van der Waals surface area contributed by atoms with E-state index in [0.717, 1.165) is 6.26 Å². The van der Waals surface area contributed by atoms with Crippen molar-refractivity contribution in [1.29, 1.82) is 5.26 Å². The second kappa shape index (κ2) is 8.90. The Bertz CT molecular complexity index is 1310. The minimum absolute atomic E-state index is 0.0580. The van der Waals surface area contributed by atoms with Crippen molar-refractivity contribution in [2.24, 2.45) is 0 Å². The first-order valence-corrected chi connectivity index (χ1v) is 11.1. The normalized spacial score (nSPS) is 11.6. The molecule has 158 valence electrons. The SMILES string of the molecule is COC(=O)c1ccc(-c2ccc(/C=C(/C#N)C(=O)Nc3nc(S(C)(=O)=O)ns3)o2)cc1. The van der Waals surface area contributed by atoms with Crippen LogP contribution in [0.5, 0.6) is 0 Å². The Balaban J connectivity index is 1.76. The molecule has 3 rings (SSSR count). The van der Waals surface area contributed by atoms with E-state index in [-0.39, 0.29) is 16.5 Å². The van der Waals surface area contributed by atoms with Gasteiger partial charge in [0.1, 0.15) is 23.2 Å². The van der Waals surface area contributed by atoms with Crippen LogP contribution in [0.4, 0.5) is 5.13 Å². The highest BCUT2D eigenvalue weighted by Gasteiger charge is 2.18. The number of nitrogens with zero attached hydrogens (tertiary/aromatic N) is 3. The summed E-state index contributed by atoms with van der Waals surface area (Å²) in [4.78, 5) is 27.5. The molecule has 0 unspecified atom stereocenters. The first kappa shape index (κ1) is 21.9. The first-order valence-electron chi connectivity index (χ1n) is 8.47. The number of benzene rings is 1. The van der Waals surface area contributed by atoms with Crippen molar-refractivity contribution in [1.82, 2.24) is 9.36 Å². The average molecular weight is 458 g/mol. The van der Waals surface area contributed by atoms with Crippen molar-refractivity contribution in [3.8, 4) is 17.4 Å². The molecule has 0 aliphatic heterocycles. The highest BCUT2D eigenvalue weighted by Crippen LogP contribution is 2.24. The molecule has 0 fully saturated rings. The van der Waals surface area contributed by atoms with E-state index in [0.29, 0.717) is 28.4 Å². The lowest BCUT2D eigenvalue weighted by molar-refractivity contribution is -0.112. The van der Waals surface area contributed by atoms with Gasteiger partial charge in [-0.05, 0) is 24.3 Å². The predicted molar refractivity (Wildman–Crippen MR) is 111 cm³/mol. The number of carbonyl (C=O) groups excluding carboxylic acids is 2. The third kappa shape index (κ3) is 5.21. The van der Waals surface area contributed by atoms with Crippen LogP contribution in [0.25, 0.3) is 17.4 Å². The molecule has 10 nitrogen and oxygen atoms in total. The molecule has 0 aliphatic carbocycles. The molecule has 0 saturated heterocycles. The maximum absolute atomic E-state index is 12.3. The number of ether oxygens (including phenoxy) is 1. The Kier molecular flexibility index (Phi) is 6.28. The van der Waals surface area contributed by atoms with E-state index in [9.17, 15) is 23.3 Å². The minimum atomic E-state index is -3.61. The maximum Gasteiger partial charge on any atom is 0.337 e. The number of nitriles is 1. The average Bonchev–Trinajstić information content (AvgIpc) is 3.41. The van der Waals surface area contributed by atoms with Crippen molar-refractivity contribution in [2.75, 3.05) is 18.7 Å². The van der Waals surface area contributed by atoms with Crippen molar-refractivity contribution >= 4 is 44.5 Å². The molecule has 3 aromatic rings. The fourth-order valence-corrected chi connectivity index (χ4v) is 3.78. The number of aromatic nitrogens is 2. The molecule has 31 heavy (non-hydrogen) atoms. The number of amides is 1. The molecule has 12 heteroatoms. The lowest BCUT2D eigenvalue weighted by Crippen LogP contribution is -2.13. The van der Waals surface area contributed by atoms with Crippen molar-refractivity contribution in [3.05, 3.63) is 53.3 Å². The van der Waals surface area contributed by atoms with E-state index in [2.05, 4.69) is 19.4 Å². The Hall–Kier alpha value is -3.82. The summed E-state index contributed by atoms with van der Waals surface area (Å²) in [5.41, 5.74) is 0.785. The fourth-order valence-electron chi connectivity index (χ4n) is 2.34. The van der Waals surface area contributed by atoms with Crippen LogP contribution in [0.1, 0.15) is 16.1 Å². The van der Waals surface area contributed by atoms with Gasteiger partial charge in [0.15, 0.2) is 0 Å². The van der Waals surface area contributed by atoms with Gasteiger partial charge in [-0.25, -0.2) is 13.2 Å². The number of carbonyl (C=O) groups is 2. The van der Waals surface area contributed by atoms with Gasteiger partial charge in [-0.2, -0.15) is 14.6 Å². The van der Waals surface area contributed by atoms with Crippen LogP contribution in [-0.2, 0) is 19.4 Å². The van der Waals surface area contributed by atoms with Gasteiger partial charge >= 0.3 is 5.97 Å². The van der Waals surface area contributed by atoms with Gasteiger partial charge in [0.05, 0.1) is 12.7 Å². The third-order valence-electron chi connectivity index (χ3n) is 3.83. The van der Waals surface area contributed by atoms with Crippen LogP contribution in [0.15, 0.2) is 51.5 Å². The minimum Gasteiger partial charge on any atom is -0.465 e. The molecule has 2 heterocycles. The summed E-state index contributed by atoms with van der Waals surface area (Å²) >= 11 is 0.680. The molecular weight excluding hydrogens is 444 g/mol. The van der Waals surface area contributed by atoms with E-state index in [1.54, 1.807) is 42.5 Å². The topological polar surface area (TPSA) is 152 Å². The molecule has 0 radical (unpaired) electrons. The second-order valence-electron chi connectivity index (χ2n) is 6.05. The van der Waals surface area contributed by atoms with Crippen molar-refractivity contribution < 1.29 is 27.2 Å². The van der Waals surface area contributed by atoms with Gasteiger partial charge in [0.2, 0.25) is 15.0 Å². The number of hydrogen-bond acceptors (Lipinski definition) is 10. The number of hydrogen-bond donors (Lipinski definition) is 1. The van der Waals surface area contributed by atoms with Crippen LogP contribution in [0.3, 0.4) is 0 Å². The fraction of sp³-hybridized carbons (Fsp3) is 0.105. The Morgan fingerprint density at radius 3 is 2.52 bits per heavy atom. The summed E-state index contributed by atoms with van der Waals surface area (Å²) in [5.74, 6) is -0.549. The Morgan fingerprint density at radius 1 is 1.23 bits per heavy atom. The standard InChI is InChI=1S/C19H14N4O6S2/c1-28-17(25)12-5-3-11(4-6-12)15-8-7-14(29-15)9-13(10-20)16(24)21-18-22-19(23-30-18)31(2,26)27/h3-9H,1-2H3,(H,21,22,23,24)/b13-9-. The molecular formula is C19H14N4O6S2. The van der Waals surface area contributed by atoms with E-state index in [1.165, 1.54) is 13.2 Å². The summed E-state index contributed by atoms with van der Waals surface area (Å²) in [6.45, 7) is 0. The summed E-state index contributed by atoms with van der Waals surface area (Å²) in [5, 5.41) is 11.2. The zero-order valence-corrected chi connectivity index (χ0v) is 17.8. The van der Waals surface area contributed by atoms with Gasteiger partial charge in [0, 0.05) is 29.4 Å². The molecule has 0 aliphatic rings. The quantitative estimate of drug-likeness (QED) is 0.333. The molecule has 0 atom stereocenters. The zero-order chi connectivity index (χ0) is 22.6. The van der Waals surface area contributed by atoms with Crippen LogP contribution in [-0.4, -0.2) is 43.0 Å². The van der Waals surface area contributed by atoms with Gasteiger partial charge in [-0.15, -0.1) is 0 Å². The monoisotopic (exact) mass is 458 g/mol. The van der Waals surface area contributed by atoms with Crippen LogP contribution in [0, 0.1) is 11.3 Å². The van der Waals surface area contributed by atoms with Crippen LogP contribution in [0.2, 0.25) is 0 Å². The number of sulfone groups is 1. The maximum atomic E-state index is 12.3. The summed E-state index contributed by atoms with van der Waals surface area (Å²) in [7, 11) is -2.32. The van der Waals surface area contributed by atoms with E-state index in [1.807, 2.05) is 0 Å². The smallest absolute Gasteiger partial charge is 0.337 e. The van der Waals surface area contributed by atoms with Gasteiger partial charge in [-0.1, -0.05) is 12.1 Å². The highest BCUT2D eigenvalue weighted by molar-refractivity contribution is 7.90. The molecule has 0 saturated carbocycles.